The topological polar surface area (TPSA) is 114 Å². The fraction of sp³-hybridized carbons (Fsp3) is 0.560. The second kappa shape index (κ2) is 10.5. The van der Waals surface area contributed by atoms with E-state index >= 15 is 0 Å². The van der Waals surface area contributed by atoms with Gasteiger partial charge in [0.15, 0.2) is 0 Å². The van der Waals surface area contributed by atoms with E-state index in [0.717, 1.165) is 55.7 Å². The fourth-order valence-corrected chi connectivity index (χ4v) is 4.71. The van der Waals surface area contributed by atoms with E-state index < -0.39 is 12.0 Å². The van der Waals surface area contributed by atoms with Crippen molar-refractivity contribution in [1.82, 2.24) is 15.6 Å². The Bertz CT molecular complexity index is 965. The Kier molecular flexibility index (Phi) is 7.45. The summed E-state index contributed by atoms with van der Waals surface area (Å²) in [6.45, 7) is 5.03. The molecule has 8 heteroatoms. The summed E-state index contributed by atoms with van der Waals surface area (Å²) in [5.74, 6) is -0.120. The Balaban J connectivity index is 1.32. The quantitative estimate of drug-likeness (QED) is 0.559. The molecule has 33 heavy (non-hydrogen) atoms. The maximum Gasteiger partial charge on any atom is 0.327 e. The lowest BCUT2D eigenvalue weighted by Crippen LogP contribution is -2.54. The molecule has 2 aliphatic rings. The van der Waals surface area contributed by atoms with Crippen LogP contribution in [0.25, 0.3) is 11.5 Å². The molecule has 4 rings (SSSR count). The highest BCUT2D eigenvalue weighted by molar-refractivity contribution is 5.85. The lowest BCUT2D eigenvalue weighted by molar-refractivity contribution is -0.143. The smallest absolute Gasteiger partial charge is 0.327 e. The second-order valence-corrected chi connectivity index (χ2v) is 9.21. The van der Waals surface area contributed by atoms with E-state index in [9.17, 15) is 14.7 Å². The molecule has 2 heterocycles. The minimum atomic E-state index is -0.989. The van der Waals surface area contributed by atoms with Gasteiger partial charge in [-0.25, -0.2) is 9.78 Å². The standard InChI is InChI=1S/C25H33N3O5/c1-15-8-10-17(11-9-15)24-27-21(16(2)33-24)14-32-19-6-3-5-18(13-19)23(29)28-22(25(30)31)20-7-4-12-26-20/h8-11,18-20,22,26H,3-7,12-14H2,1-2H3,(H,28,29)(H,30,31)/t18?,19?,20?,22-/m1/s1. The van der Waals surface area contributed by atoms with Crippen LogP contribution in [0.3, 0.4) is 0 Å². The third-order valence-electron chi connectivity index (χ3n) is 6.71. The van der Waals surface area contributed by atoms with Gasteiger partial charge >= 0.3 is 5.97 Å². The van der Waals surface area contributed by atoms with Gasteiger partial charge in [-0.1, -0.05) is 24.1 Å². The molecule has 2 aromatic rings. The van der Waals surface area contributed by atoms with E-state index in [1.165, 1.54) is 5.56 Å². The molecule has 8 nitrogen and oxygen atoms in total. The average molecular weight is 456 g/mol. The first-order chi connectivity index (χ1) is 15.9. The van der Waals surface area contributed by atoms with Crippen molar-refractivity contribution in [2.45, 2.75) is 77.2 Å². The Labute approximate surface area is 194 Å². The third kappa shape index (κ3) is 5.81. The number of nitrogens with one attached hydrogen (secondary N) is 2. The number of aromatic nitrogens is 1. The minimum absolute atomic E-state index is 0.0682. The zero-order chi connectivity index (χ0) is 23.4. The number of carboxylic acids is 1. The van der Waals surface area contributed by atoms with Crippen molar-refractivity contribution in [3.8, 4) is 11.5 Å². The predicted octanol–water partition coefficient (Wildman–Crippen LogP) is 3.36. The van der Waals surface area contributed by atoms with E-state index in [4.69, 9.17) is 9.15 Å². The number of ether oxygens (including phenoxy) is 1. The summed E-state index contributed by atoms with van der Waals surface area (Å²) in [6.07, 6.45) is 4.69. The van der Waals surface area contributed by atoms with Crippen molar-refractivity contribution in [2.24, 2.45) is 5.92 Å². The number of amides is 1. The molecule has 0 bridgehead atoms. The molecule has 0 spiro atoms. The summed E-state index contributed by atoms with van der Waals surface area (Å²) >= 11 is 0. The molecule has 3 N–H and O–H groups in total. The van der Waals surface area contributed by atoms with Crippen LogP contribution in [0.1, 0.15) is 55.5 Å². The van der Waals surface area contributed by atoms with Crippen LogP contribution in [0.15, 0.2) is 28.7 Å². The van der Waals surface area contributed by atoms with E-state index in [1.807, 2.05) is 38.1 Å². The number of carbonyl (C=O) groups excluding carboxylic acids is 1. The van der Waals surface area contributed by atoms with Crippen LogP contribution in [-0.2, 0) is 20.9 Å². The summed E-state index contributed by atoms with van der Waals surface area (Å²) in [7, 11) is 0. The highest BCUT2D eigenvalue weighted by Crippen LogP contribution is 2.29. The number of benzene rings is 1. The minimum Gasteiger partial charge on any atom is -0.480 e. The maximum absolute atomic E-state index is 12.8. The number of aryl methyl sites for hydroxylation is 2. The zero-order valence-electron chi connectivity index (χ0n) is 19.3. The van der Waals surface area contributed by atoms with Crippen LogP contribution in [-0.4, -0.2) is 46.7 Å². The molecule has 1 saturated carbocycles. The molecule has 2 fully saturated rings. The number of hydrogen-bond donors (Lipinski definition) is 3. The molecule has 1 aromatic heterocycles. The summed E-state index contributed by atoms with van der Waals surface area (Å²) in [6, 6.07) is 6.92. The molecule has 1 aliphatic carbocycles. The lowest BCUT2D eigenvalue weighted by Gasteiger charge is -2.30. The van der Waals surface area contributed by atoms with Crippen LogP contribution in [0.2, 0.25) is 0 Å². The Hall–Kier alpha value is -2.71. The van der Waals surface area contributed by atoms with Gasteiger partial charge in [-0.15, -0.1) is 0 Å². The Morgan fingerprint density at radius 2 is 2.00 bits per heavy atom. The van der Waals surface area contributed by atoms with Crippen LogP contribution in [0.5, 0.6) is 0 Å². The monoisotopic (exact) mass is 455 g/mol. The van der Waals surface area contributed by atoms with Crippen LogP contribution in [0.4, 0.5) is 0 Å². The number of carbonyl (C=O) groups is 2. The normalized spacial score (nSPS) is 23.9. The van der Waals surface area contributed by atoms with E-state index in [1.54, 1.807) is 0 Å². The molecule has 3 unspecified atom stereocenters. The van der Waals surface area contributed by atoms with Gasteiger partial charge in [-0.05, 0) is 64.6 Å². The number of carboxylic acid groups (broad SMARTS) is 1. The SMILES string of the molecule is Cc1ccc(-c2nc(COC3CCCC(C(=O)N[C@@H](C(=O)O)C4CCCN4)C3)c(C)o2)cc1. The summed E-state index contributed by atoms with van der Waals surface area (Å²) in [4.78, 5) is 29.1. The molecule has 178 valence electrons. The molecule has 1 aliphatic heterocycles. The Morgan fingerprint density at radius 1 is 1.21 bits per heavy atom. The van der Waals surface area contributed by atoms with Gasteiger partial charge in [-0.3, -0.25) is 4.79 Å². The molecule has 0 radical (unpaired) electrons. The molecule has 1 saturated heterocycles. The Morgan fingerprint density at radius 3 is 2.70 bits per heavy atom. The van der Waals surface area contributed by atoms with Crippen LogP contribution in [0, 0.1) is 19.8 Å². The first-order valence-corrected chi connectivity index (χ1v) is 11.8. The summed E-state index contributed by atoms with van der Waals surface area (Å²) < 4.78 is 12.0. The van der Waals surface area contributed by atoms with E-state index in [0.29, 0.717) is 18.9 Å². The van der Waals surface area contributed by atoms with Gasteiger partial charge in [0, 0.05) is 17.5 Å². The van der Waals surface area contributed by atoms with Gasteiger partial charge in [0.05, 0.1) is 12.7 Å². The number of hydrogen-bond acceptors (Lipinski definition) is 6. The first kappa shape index (κ1) is 23.4. The van der Waals surface area contributed by atoms with Gasteiger partial charge < -0.3 is 24.9 Å². The van der Waals surface area contributed by atoms with Crippen molar-refractivity contribution < 1.29 is 23.8 Å². The van der Waals surface area contributed by atoms with Crippen molar-refractivity contribution in [3.05, 3.63) is 41.3 Å². The van der Waals surface area contributed by atoms with Crippen molar-refractivity contribution >= 4 is 11.9 Å². The highest BCUT2D eigenvalue weighted by Gasteiger charge is 2.35. The third-order valence-corrected chi connectivity index (χ3v) is 6.71. The molecular weight excluding hydrogens is 422 g/mol. The second-order valence-electron chi connectivity index (χ2n) is 9.21. The largest absolute Gasteiger partial charge is 0.480 e. The number of nitrogens with zero attached hydrogens (tertiary/aromatic N) is 1. The lowest BCUT2D eigenvalue weighted by atomic mass is 9.86. The zero-order valence-corrected chi connectivity index (χ0v) is 19.3. The van der Waals surface area contributed by atoms with Crippen molar-refractivity contribution in [1.29, 1.82) is 0 Å². The van der Waals surface area contributed by atoms with E-state index in [-0.39, 0.29) is 24.0 Å². The number of aliphatic carboxylic acids is 1. The van der Waals surface area contributed by atoms with Gasteiger partial charge in [-0.2, -0.15) is 0 Å². The number of oxazole rings is 1. The van der Waals surface area contributed by atoms with Gasteiger partial charge in [0.25, 0.3) is 0 Å². The fourth-order valence-electron chi connectivity index (χ4n) is 4.71. The average Bonchev–Trinajstić information content (AvgIpc) is 3.46. The van der Waals surface area contributed by atoms with Crippen LogP contribution < -0.4 is 10.6 Å². The molecule has 4 atom stereocenters. The van der Waals surface area contributed by atoms with E-state index in [2.05, 4.69) is 15.6 Å². The first-order valence-electron chi connectivity index (χ1n) is 11.8. The highest BCUT2D eigenvalue weighted by atomic mass is 16.5. The number of rotatable bonds is 8. The van der Waals surface area contributed by atoms with Gasteiger partial charge in [0.1, 0.15) is 17.5 Å². The van der Waals surface area contributed by atoms with Gasteiger partial charge in [0.2, 0.25) is 11.8 Å². The predicted molar refractivity (Wildman–Crippen MR) is 123 cm³/mol. The maximum atomic E-state index is 12.8. The van der Waals surface area contributed by atoms with Crippen molar-refractivity contribution in [2.75, 3.05) is 6.54 Å². The van der Waals surface area contributed by atoms with Crippen molar-refractivity contribution in [3.63, 3.8) is 0 Å². The molecule has 1 amide bonds. The molecular formula is C25H33N3O5. The summed E-state index contributed by atoms with van der Waals surface area (Å²) in [5, 5.41) is 15.5. The van der Waals surface area contributed by atoms with Crippen LogP contribution >= 0.6 is 0 Å². The molecule has 1 aromatic carbocycles. The summed E-state index contributed by atoms with van der Waals surface area (Å²) in [5.41, 5.74) is 2.86.